The Morgan fingerprint density at radius 3 is 2.73 bits per heavy atom. The van der Waals surface area contributed by atoms with Gasteiger partial charge in [0.05, 0.1) is 0 Å². The molecule has 2 aliphatic rings. The molecule has 0 radical (unpaired) electrons. The largest absolute Gasteiger partial charge is 0.306 e. The van der Waals surface area contributed by atoms with E-state index in [1.807, 2.05) is 0 Å². The van der Waals surface area contributed by atoms with E-state index in [4.69, 9.17) is 0 Å². The molecule has 1 aliphatic carbocycles. The third-order valence-electron chi connectivity index (χ3n) is 3.27. The van der Waals surface area contributed by atoms with Gasteiger partial charge in [0.1, 0.15) is 0 Å². The van der Waals surface area contributed by atoms with E-state index < -0.39 is 0 Å². The maximum absolute atomic E-state index is 2.62. The molecular formula is C9H16IN. The smallest absolute Gasteiger partial charge is 0.0116 e. The summed E-state index contributed by atoms with van der Waals surface area (Å²) >= 11 is 2.62. The molecule has 64 valence electrons. The van der Waals surface area contributed by atoms with Gasteiger partial charge in [0.2, 0.25) is 0 Å². The quantitative estimate of drug-likeness (QED) is 0.480. The van der Waals surface area contributed by atoms with Crippen LogP contribution in [0.4, 0.5) is 0 Å². The van der Waals surface area contributed by atoms with Crippen LogP contribution in [-0.4, -0.2) is 29.0 Å². The fourth-order valence-corrected chi connectivity index (χ4v) is 3.91. The van der Waals surface area contributed by atoms with Crippen LogP contribution in [0.25, 0.3) is 0 Å². The Balaban J connectivity index is 2.02. The van der Waals surface area contributed by atoms with Crippen LogP contribution in [0.5, 0.6) is 0 Å². The summed E-state index contributed by atoms with van der Waals surface area (Å²) in [5, 5.41) is 0. The molecule has 0 aromatic heterocycles. The Bertz CT molecular complexity index is 140. The van der Waals surface area contributed by atoms with Gasteiger partial charge in [-0.15, -0.1) is 0 Å². The fraction of sp³-hybridized carbons (Fsp3) is 1.00. The van der Waals surface area contributed by atoms with Crippen LogP contribution in [0.3, 0.4) is 0 Å². The lowest BCUT2D eigenvalue weighted by Gasteiger charge is -2.22. The zero-order valence-electron chi connectivity index (χ0n) is 7.15. The van der Waals surface area contributed by atoms with E-state index in [0.717, 1.165) is 9.34 Å². The number of likely N-dealkylation sites (tertiary alicyclic amines) is 1. The molecule has 1 aliphatic heterocycles. The highest BCUT2D eigenvalue weighted by atomic mass is 127. The van der Waals surface area contributed by atoms with Crippen LogP contribution in [0.2, 0.25) is 0 Å². The standard InChI is InChI=1S/C9H16IN/c1-11-5-4-9(7-11)3-2-8(10)6-9/h8H,2-7H2,1H3. The molecule has 11 heavy (non-hydrogen) atoms. The molecule has 0 bridgehead atoms. The maximum Gasteiger partial charge on any atom is 0.0116 e. The van der Waals surface area contributed by atoms with Gasteiger partial charge in [0, 0.05) is 10.5 Å². The van der Waals surface area contributed by atoms with Gasteiger partial charge in [0.25, 0.3) is 0 Å². The number of alkyl halides is 1. The SMILES string of the molecule is CN1CCC2(CCC(I)C2)C1. The summed E-state index contributed by atoms with van der Waals surface area (Å²) in [6.45, 7) is 2.70. The number of halogens is 1. The Labute approximate surface area is 82.7 Å². The molecule has 0 amide bonds. The van der Waals surface area contributed by atoms with Gasteiger partial charge in [-0.05, 0) is 44.7 Å². The molecule has 1 spiro atoms. The Kier molecular flexibility index (Phi) is 2.17. The van der Waals surface area contributed by atoms with Gasteiger partial charge in [-0.1, -0.05) is 22.6 Å². The summed E-state index contributed by atoms with van der Waals surface area (Å²) in [7, 11) is 2.26. The second-order valence-electron chi connectivity index (χ2n) is 4.33. The van der Waals surface area contributed by atoms with E-state index in [1.165, 1.54) is 38.8 Å². The van der Waals surface area contributed by atoms with E-state index in [2.05, 4.69) is 34.5 Å². The van der Waals surface area contributed by atoms with E-state index in [1.54, 1.807) is 0 Å². The van der Waals surface area contributed by atoms with Crippen LogP contribution in [0.15, 0.2) is 0 Å². The zero-order chi connectivity index (χ0) is 7.90. The van der Waals surface area contributed by atoms with Crippen molar-refractivity contribution in [2.45, 2.75) is 29.6 Å². The first-order valence-corrected chi connectivity index (χ1v) is 5.77. The molecule has 1 nitrogen and oxygen atoms in total. The van der Waals surface area contributed by atoms with Crippen molar-refractivity contribution in [3.05, 3.63) is 0 Å². The lowest BCUT2D eigenvalue weighted by atomic mass is 9.86. The van der Waals surface area contributed by atoms with Gasteiger partial charge >= 0.3 is 0 Å². The van der Waals surface area contributed by atoms with Crippen molar-refractivity contribution in [3.8, 4) is 0 Å². The second-order valence-corrected chi connectivity index (χ2v) is 6.09. The van der Waals surface area contributed by atoms with Gasteiger partial charge in [-0.2, -0.15) is 0 Å². The van der Waals surface area contributed by atoms with Crippen molar-refractivity contribution >= 4 is 22.6 Å². The molecule has 2 heteroatoms. The maximum atomic E-state index is 2.62. The summed E-state index contributed by atoms with van der Waals surface area (Å²) in [5.74, 6) is 0. The van der Waals surface area contributed by atoms with Crippen molar-refractivity contribution in [1.82, 2.24) is 4.90 Å². The molecule has 2 unspecified atom stereocenters. The summed E-state index contributed by atoms with van der Waals surface area (Å²) in [6.07, 6.45) is 5.90. The molecule has 2 rings (SSSR count). The predicted octanol–water partition coefficient (Wildman–Crippen LogP) is 2.30. The molecule has 1 saturated heterocycles. The zero-order valence-corrected chi connectivity index (χ0v) is 9.30. The lowest BCUT2D eigenvalue weighted by Crippen LogP contribution is -2.22. The molecule has 0 N–H and O–H groups in total. The Morgan fingerprint density at radius 2 is 2.27 bits per heavy atom. The van der Waals surface area contributed by atoms with E-state index in [0.29, 0.717) is 0 Å². The molecule has 1 saturated carbocycles. The minimum Gasteiger partial charge on any atom is -0.306 e. The fourth-order valence-electron chi connectivity index (χ4n) is 2.67. The monoisotopic (exact) mass is 265 g/mol. The van der Waals surface area contributed by atoms with Crippen molar-refractivity contribution < 1.29 is 0 Å². The van der Waals surface area contributed by atoms with Crippen molar-refractivity contribution in [3.63, 3.8) is 0 Å². The highest BCUT2D eigenvalue weighted by molar-refractivity contribution is 14.1. The average molecular weight is 265 g/mol. The van der Waals surface area contributed by atoms with Crippen molar-refractivity contribution in [2.24, 2.45) is 5.41 Å². The molecule has 0 aromatic rings. The van der Waals surface area contributed by atoms with Crippen LogP contribution >= 0.6 is 22.6 Å². The Morgan fingerprint density at radius 1 is 1.45 bits per heavy atom. The third kappa shape index (κ3) is 1.57. The highest BCUT2D eigenvalue weighted by Gasteiger charge is 2.41. The molecule has 1 heterocycles. The van der Waals surface area contributed by atoms with E-state index in [-0.39, 0.29) is 0 Å². The number of rotatable bonds is 0. The molecule has 2 fully saturated rings. The predicted molar refractivity (Wildman–Crippen MR) is 56.2 cm³/mol. The summed E-state index contributed by atoms with van der Waals surface area (Å²) < 4.78 is 0.971. The number of nitrogens with zero attached hydrogens (tertiary/aromatic N) is 1. The van der Waals surface area contributed by atoms with Gasteiger partial charge in [-0.25, -0.2) is 0 Å². The van der Waals surface area contributed by atoms with Crippen molar-refractivity contribution in [2.75, 3.05) is 20.1 Å². The van der Waals surface area contributed by atoms with Crippen LogP contribution < -0.4 is 0 Å². The normalized spacial score (nSPS) is 45.8. The minimum absolute atomic E-state index is 0.751. The number of hydrogen-bond acceptors (Lipinski definition) is 1. The Hall–Kier alpha value is 0.690. The van der Waals surface area contributed by atoms with Crippen LogP contribution in [0, 0.1) is 5.41 Å². The van der Waals surface area contributed by atoms with Gasteiger partial charge < -0.3 is 4.90 Å². The summed E-state index contributed by atoms with van der Waals surface area (Å²) in [5.41, 5.74) is 0.751. The molecule has 0 aromatic carbocycles. The van der Waals surface area contributed by atoms with Crippen LogP contribution in [-0.2, 0) is 0 Å². The lowest BCUT2D eigenvalue weighted by molar-refractivity contribution is 0.291. The topological polar surface area (TPSA) is 3.24 Å². The molecule has 2 atom stereocenters. The molecular weight excluding hydrogens is 249 g/mol. The second kappa shape index (κ2) is 2.87. The van der Waals surface area contributed by atoms with E-state index >= 15 is 0 Å². The third-order valence-corrected chi connectivity index (χ3v) is 4.33. The highest BCUT2D eigenvalue weighted by Crippen LogP contribution is 2.47. The first-order chi connectivity index (χ1) is 5.20. The van der Waals surface area contributed by atoms with Crippen molar-refractivity contribution in [1.29, 1.82) is 0 Å². The minimum atomic E-state index is 0.751. The average Bonchev–Trinajstić information content (AvgIpc) is 2.44. The van der Waals surface area contributed by atoms with Gasteiger partial charge in [-0.3, -0.25) is 0 Å². The first kappa shape index (κ1) is 8.30. The van der Waals surface area contributed by atoms with Gasteiger partial charge in [0.15, 0.2) is 0 Å². The number of hydrogen-bond donors (Lipinski definition) is 0. The summed E-state index contributed by atoms with van der Waals surface area (Å²) in [6, 6.07) is 0. The van der Waals surface area contributed by atoms with E-state index in [9.17, 15) is 0 Å². The first-order valence-electron chi connectivity index (χ1n) is 4.53. The van der Waals surface area contributed by atoms with Crippen LogP contribution in [0.1, 0.15) is 25.7 Å². The summed E-state index contributed by atoms with van der Waals surface area (Å²) in [4.78, 5) is 2.49.